The minimum Gasteiger partial charge on any atom is -0.459 e. The number of aliphatic hydroxyl groups excluding tert-OH is 3. The van der Waals surface area contributed by atoms with E-state index in [0.29, 0.717) is 89.7 Å². The van der Waals surface area contributed by atoms with Gasteiger partial charge in [0.25, 0.3) is 11.7 Å². The van der Waals surface area contributed by atoms with Crippen molar-refractivity contribution in [1.29, 1.82) is 0 Å². The number of nitrogens with one attached hydrogen (secondary N) is 1. The maximum absolute atomic E-state index is 14.6. The molecule has 0 aromatic heterocycles. The molecule has 0 aromatic rings. The second-order valence-corrected chi connectivity index (χ2v) is 24.9. The summed E-state index contributed by atoms with van der Waals surface area (Å²) in [6.07, 6.45) is 8.17. The number of piperazine rings is 1. The molecule has 18 atom stereocenters. The van der Waals surface area contributed by atoms with Gasteiger partial charge in [-0.3, -0.25) is 24.2 Å². The number of hydrogen-bond donors (Lipinski definition) is 6. The lowest BCUT2D eigenvalue weighted by Gasteiger charge is -2.42. The third kappa shape index (κ3) is 19.0. The number of cyclic esters (lactones) is 1. The summed E-state index contributed by atoms with van der Waals surface area (Å²) in [5.41, 5.74) is 8.13. The maximum atomic E-state index is 14.6. The van der Waals surface area contributed by atoms with Crippen LogP contribution in [0.2, 0.25) is 0 Å². The van der Waals surface area contributed by atoms with Crippen molar-refractivity contribution in [2.24, 2.45) is 35.3 Å². The van der Waals surface area contributed by atoms with E-state index in [9.17, 15) is 44.4 Å². The molecule has 5 fully saturated rings. The molecule has 1 aliphatic carbocycles. The minimum absolute atomic E-state index is 0.0365. The quantitative estimate of drug-likeness (QED) is 0.0535. The third-order valence-corrected chi connectivity index (χ3v) is 18.7. The number of carbonyl (C=O) groups excluding carboxylic acids is 5. The first-order valence-corrected chi connectivity index (χ1v) is 31.2. The van der Waals surface area contributed by atoms with Gasteiger partial charge in [-0.25, -0.2) is 9.59 Å². The fourth-order valence-corrected chi connectivity index (χ4v) is 13.3. The van der Waals surface area contributed by atoms with Crippen LogP contribution in [0.4, 0.5) is 4.79 Å². The number of alkyl carbamates (subject to hydrolysis) is 1. The van der Waals surface area contributed by atoms with E-state index in [1.807, 2.05) is 44.2 Å². The Labute approximate surface area is 499 Å². The van der Waals surface area contributed by atoms with Crippen molar-refractivity contribution in [2.75, 3.05) is 79.9 Å². The number of amides is 2. The Morgan fingerprint density at radius 3 is 2.24 bits per heavy atom. The molecule has 6 aliphatic rings. The van der Waals surface area contributed by atoms with Crippen LogP contribution in [-0.2, 0) is 52.3 Å². The van der Waals surface area contributed by atoms with Crippen molar-refractivity contribution >= 4 is 29.5 Å². The Hall–Kier alpha value is -3.97. The van der Waals surface area contributed by atoms with Crippen LogP contribution in [0, 0.1) is 29.6 Å². The molecular formula is C63H103N5O16. The van der Waals surface area contributed by atoms with Gasteiger partial charge in [-0.1, -0.05) is 71.1 Å². The monoisotopic (exact) mass is 1190 g/mol. The number of ketones is 2. The second-order valence-electron chi connectivity index (χ2n) is 24.9. The van der Waals surface area contributed by atoms with Crippen LogP contribution in [0.1, 0.15) is 132 Å². The number of nitrogens with two attached hydrogens (primary N) is 1. The summed E-state index contributed by atoms with van der Waals surface area (Å²) >= 11 is 0. The molecule has 1 saturated carbocycles. The van der Waals surface area contributed by atoms with Crippen LogP contribution in [0.15, 0.2) is 47.6 Å². The molecular weight excluding hydrogens is 1080 g/mol. The number of rotatable bonds is 16. The maximum Gasteiger partial charge on any atom is 0.407 e. The average molecular weight is 1190 g/mol. The van der Waals surface area contributed by atoms with Gasteiger partial charge in [0.15, 0.2) is 5.78 Å². The molecule has 5 aliphatic heterocycles. The molecule has 21 heteroatoms. The zero-order chi connectivity index (χ0) is 61.3. The van der Waals surface area contributed by atoms with Crippen molar-refractivity contribution in [3.05, 3.63) is 47.6 Å². The van der Waals surface area contributed by atoms with Gasteiger partial charge in [-0.2, -0.15) is 0 Å². The number of allylic oxidation sites excluding steroid dienone is 5. The Kier molecular flexibility index (Phi) is 27.5. The number of piperidine rings is 1. The highest BCUT2D eigenvalue weighted by Gasteiger charge is 2.53. The van der Waals surface area contributed by atoms with Gasteiger partial charge in [-0.05, 0) is 114 Å². The van der Waals surface area contributed by atoms with Gasteiger partial charge in [0.2, 0.25) is 5.79 Å². The van der Waals surface area contributed by atoms with Crippen LogP contribution in [0.25, 0.3) is 0 Å². The zero-order valence-electron chi connectivity index (χ0n) is 51.6. The number of fused-ring (bicyclic) bond motifs is 5. The highest BCUT2D eigenvalue weighted by atomic mass is 16.6. The van der Waals surface area contributed by atoms with E-state index in [1.54, 1.807) is 48.0 Å². The highest BCUT2D eigenvalue weighted by Crippen LogP contribution is 2.38. The summed E-state index contributed by atoms with van der Waals surface area (Å²) in [5.74, 6) is -8.27. The van der Waals surface area contributed by atoms with E-state index in [0.717, 1.165) is 36.7 Å². The van der Waals surface area contributed by atoms with Gasteiger partial charge in [0, 0.05) is 95.7 Å². The van der Waals surface area contributed by atoms with Gasteiger partial charge < -0.3 is 69.5 Å². The molecule has 7 N–H and O–H groups in total. The second kappa shape index (κ2) is 33.4. The molecule has 476 valence electrons. The summed E-state index contributed by atoms with van der Waals surface area (Å²) < 4.78 is 41.5. The van der Waals surface area contributed by atoms with Crippen molar-refractivity contribution in [2.45, 2.75) is 211 Å². The number of aliphatic hydroxyl groups is 4. The van der Waals surface area contributed by atoms with E-state index < -0.39 is 114 Å². The Morgan fingerprint density at radius 1 is 0.810 bits per heavy atom. The van der Waals surface area contributed by atoms with Crippen LogP contribution < -0.4 is 11.1 Å². The fourth-order valence-electron chi connectivity index (χ4n) is 13.3. The van der Waals surface area contributed by atoms with Crippen LogP contribution in [0.3, 0.4) is 0 Å². The van der Waals surface area contributed by atoms with E-state index in [2.05, 4.69) is 22.0 Å². The lowest BCUT2D eigenvalue weighted by Crippen LogP contribution is -2.61. The van der Waals surface area contributed by atoms with E-state index in [4.69, 9.17) is 38.9 Å². The smallest absolute Gasteiger partial charge is 0.407 e. The topological polar surface area (TPSA) is 279 Å². The van der Waals surface area contributed by atoms with Crippen molar-refractivity contribution in [1.82, 2.24) is 20.0 Å². The number of likely N-dealkylation sites (tertiary alicyclic amines) is 2. The van der Waals surface area contributed by atoms with E-state index in [1.165, 1.54) is 6.42 Å². The van der Waals surface area contributed by atoms with Crippen molar-refractivity contribution in [3.63, 3.8) is 0 Å². The molecule has 2 amide bonds. The largest absolute Gasteiger partial charge is 0.459 e. The van der Waals surface area contributed by atoms with Gasteiger partial charge in [0.05, 0.1) is 50.8 Å². The van der Waals surface area contributed by atoms with Gasteiger partial charge in [-0.15, -0.1) is 0 Å². The molecule has 6 rings (SSSR count). The predicted octanol–water partition coefficient (Wildman–Crippen LogP) is 4.56. The number of ether oxygens (including phenoxy) is 7. The number of Topliss-reactive ketones (excluding diaryl/α,β-unsaturated/α-hetero) is 2. The van der Waals surface area contributed by atoms with Crippen LogP contribution in [-0.4, -0.2) is 223 Å². The first-order chi connectivity index (χ1) is 40.1. The molecule has 0 unspecified atom stereocenters. The number of nitrogens with zero attached hydrogens (tertiary/aromatic N) is 3. The molecule has 21 nitrogen and oxygen atoms in total. The lowest BCUT2D eigenvalue weighted by molar-refractivity contribution is -0.265. The third-order valence-electron chi connectivity index (χ3n) is 18.7. The number of esters is 1. The summed E-state index contributed by atoms with van der Waals surface area (Å²) in [5, 5.41) is 49.1. The summed E-state index contributed by atoms with van der Waals surface area (Å²) in [4.78, 5) is 76.1. The van der Waals surface area contributed by atoms with Gasteiger partial charge in [0.1, 0.15) is 30.5 Å². The Bertz CT molecular complexity index is 2270. The number of carbonyl (C=O) groups is 5. The standard InChI is InChI=1S/C63H103N5O16/c1-10-66-37-47-34-46(66)38-67(47)25-27-81-29-28-80-26-23-65-62(76)83-52-22-20-45(33-55(52)79-9)32-49(64)54-36-51(69)41(4)31-43(6)57(71)58(72)56(70)42(5)30-39(2)16-12-11-13-17-40(3)53(78-8)35-48-21-19-44(7)63(77,84-48)59(73)60(74)68-24-15-14-18-50(68)61(75)82-54/h11-13,16-17,31,39,41-42,44-55,57-58,69,71-72,77H,10,14-15,18-30,32-38,64H2,1-9H3,(H,65,76)/b13-11+,16-12+,40-17+,43-31+/t39-,41-,42-,44-,45+,46+,47+,48+,49-,50+,51-,52-,53+,54+,55-,57-,58+,63-/m1/s1. The number of likely N-dealkylation sites (N-methyl/N-ethyl adjacent to an activating group) is 1. The predicted molar refractivity (Wildman–Crippen MR) is 315 cm³/mol. The molecule has 5 heterocycles. The first-order valence-electron chi connectivity index (χ1n) is 31.2. The van der Waals surface area contributed by atoms with E-state index in [-0.39, 0.29) is 56.4 Å². The van der Waals surface area contributed by atoms with Crippen molar-refractivity contribution < 1.29 is 77.6 Å². The molecule has 4 bridgehead atoms. The number of hydrogen-bond acceptors (Lipinski definition) is 19. The fraction of sp³-hybridized carbons (Fsp3) is 0.794. The first kappa shape index (κ1) is 69.1. The summed E-state index contributed by atoms with van der Waals surface area (Å²) in [6.45, 7) is 19.1. The van der Waals surface area contributed by atoms with Crippen LogP contribution >= 0.6 is 0 Å². The molecule has 0 aromatic carbocycles. The molecule has 0 radical (unpaired) electrons. The molecule has 84 heavy (non-hydrogen) atoms. The minimum atomic E-state index is -2.48. The van der Waals surface area contributed by atoms with Crippen LogP contribution in [0.5, 0.6) is 0 Å². The van der Waals surface area contributed by atoms with Crippen molar-refractivity contribution in [3.8, 4) is 0 Å². The lowest BCUT2D eigenvalue weighted by atomic mass is 9.80. The molecule has 0 spiro atoms. The summed E-state index contributed by atoms with van der Waals surface area (Å²) in [7, 11) is 3.11. The Morgan fingerprint density at radius 2 is 1.54 bits per heavy atom. The average Bonchev–Trinajstić information content (AvgIpc) is 4.24. The van der Waals surface area contributed by atoms with Gasteiger partial charge >= 0.3 is 12.1 Å². The molecule has 4 saturated heterocycles. The highest BCUT2D eigenvalue weighted by molar-refractivity contribution is 6.39. The SMILES string of the molecule is CCN1C[C@@H]2C[C@H]1CN2CCOCCOCCNC(=O)O[C@@H]1CC[C@@H](C[C@@H](N)[C@@H]2C[C@@H](O)[C@H](C)/C=C(\C)[C@@H](O)[C@@H](O)C(=O)[C@H](C)C[C@H](C)/C=C/C=C/C=C(\C)[C@@H](OC)C[C@@H]3CC[C@@H](C)[C@@](O)(O3)C(=O)C(=O)N3CCCC[C@H]3C(=O)O2)C[C@H]1OC. The van der Waals surface area contributed by atoms with E-state index >= 15 is 0 Å². The number of methoxy groups -OCH3 is 2. The Balaban J connectivity index is 1.11. The normalized spacial score (nSPS) is 38.4. The zero-order valence-corrected chi connectivity index (χ0v) is 51.6. The summed E-state index contributed by atoms with van der Waals surface area (Å²) in [6, 6.07) is -0.798.